The first-order valence-corrected chi connectivity index (χ1v) is 6.71. The molecule has 0 bridgehead atoms. The minimum atomic E-state index is -0.892. The zero-order chi connectivity index (χ0) is 14.5. The Morgan fingerprint density at radius 2 is 2.00 bits per heavy atom. The van der Waals surface area contributed by atoms with E-state index in [1.54, 1.807) is 30.3 Å². The van der Waals surface area contributed by atoms with Crippen molar-refractivity contribution < 1.29 is 19.0 Å². The van der Waals surface area contributed by atoms with E-state index in [0.717, 1.165) is 0 Å². The minimum absolute atomic E-state index is 0.0529. The molecule has 0 atom stereocenters. The molecule has 0 fully saturated rings. The predicted molar refractivity (Wildman–Crippen MR) is 76.2 cm³/mol. The molecule has 0 radical (unpaired) electrons. The fourth-order valence-electron chi connectivity index (χ4n) is 1.78. The maximum atomic E-state index is 13.2. The molecule has 2 aromatic carbocycles. The number of carboxylic acid groups (broad SMARTS) is 1. The van der Waals surface area contributed by atoms with E-state index in [0.29, 0.717) is 21.3 Å². The molecule has 0 heterocycles. The Morgan fingerprint density at radius 1 is 1.20 bits per heavy atom. The zero-order valence-corrected chi connectivity index (χ0v) is 12.1. The molecule has 0 amide bonds. The van der Waals surface area contributed by atoms with Crippen molar-refractivity contribution >= 4 is 21.9 Å². The van der Waals surface area contributed by atoms with Gasteiger partial charge in [-0.25, -0.2) is 4.39 Å². The lowest BCUT2D eigenvalue weighted by Gasteiger charge is -2.08. The van der Waals surface area contributed by atoms with Crippen LogP contribution in [-0.4, -0.2) is 11.1 Å². The number of carbonyl (C=O) groups is 1. The standard InChI is InChI=1S/C15H12BrFO3/c16-12-4-11(5-13(17)8-12)9-20-14-3-1-2-10(6-14)7-15(18)19/h1-6,8H,7,9H2,(H,18,19). The molecule has 0 saturated heterocycles. The largest absolute Gasteiger partial charge is 0.489 e. The Bertz CT molecular complexity index is 608. The van der Waals surface area contributed by atoms with E-state index in [-0.39, 0.29) is 18.8 Å². The van der Waals surface area contributed by atoms with Crippen molar-refractivity contribution in [3.05, 3.63) is 63.9 Å². The molecule has 0 aromatic heterocycles. The summed E-state index contributed by atoms with van der Waals surface area (Å²) in [5, 5.41) is 8.74. The molecule has 2 aromatic rings. The van der Waals surface area contributed by atoms with Gasteiger partial charge >= 0.3 is 5.97 Å². The summed E-state index contributed by atoms with van der Waals surface area (Å²) in [6.07, 6.45) is -0.0529. The maximum Gasteiger partial charge on any atom is 0.307 e. The van der Waals surface area contributed by atoms with Crippen molar-refractivity contribution in [3.63, 3.8) is 0 Å². The van der Waals surface area contributed by atoms with Crippen LogP contribution in [-0.2, 0) is 17.8 Å². The summed E-state index contributed by atoms with van der Waals surface area (Å²) in [4.78, 5) is 10.6. The molecule has 20 heavy (non-hydrogen) atoms. The SMILES string of the molecule is O=C(O)Cc1cccc(OCc2cc(F)cc(Br)c2)c1. The van der Waals surface area contributed by atoms with Crippen LogP contribution in [0.3, 0.4) is 0 Å². The highest BCUT2D eigenvalue weighted by Crippen LogP contribution is 2.18. The quantitative estimate of drug-likeness (QED) is 0.901. The predicted octanol–water partition coefficient (Wildman–Crippen LogP) is 3.79. The Morgan fingerprint density at radius 3 is 2.70 bits per heavy atom. The molecule has 0 aliphatic carbocycles. The van der Waals surface area contributed by atoms with Gasteiger partial charge in [-0.1, -0.05) is 28.1 Å². The van der Waals surface area contributed by atoms with Crippen LogP contribution in [0, 0.1) is 5.82 Å². The summed E-state index contributed by atoms with van der Waals surface area (Å²) in [6, 6.07) is 11.4. The lowest BCUT2D eigenvalue weighted by atomic mass is 10.1. The molecule has 0 aliphatic rings. The summed E-state index contributed by atoms with van der Waals surface area (Å²) in [6.45, 7) is 0.215. The average Bonchev–Trinajstić information content (AvgIpc) is 2.35. The third-order valence-corrected chi connectivity index (χ3v) is 3.04. The van der Waals surface area contributed by atoms with Crippen molar-refractivity contribution in [2.45, 2.75) is 13.0 Å². The van der Waals surface area contributed by atoms with Gasteiger partial charge in [0.25, 0.3) is 0 Å². The van der Waals surface area contributed by atoms with Crippen LogP contribution in [0.15, 0.2) is 46.9 Å². The van der Waals surface area contributed by atoms with E-state index < -0.39 is 5.97 Å². The van der Waals surface area contributed by atoms with E-state index in [9.17, 15) is 9.18 Å². The van der Waals surface area contributed by atoms with Gasteiger partial charge in [-0.05, 0) is 41.5 Å². The minimum Gasteiger partial charge on any atom is -0.489 e. The molecule has 5 heteroatoms. The van der Waals surface area contributed by atoms with Crippen molar-refractivity contribution in [1.29, 1.82) is 0 Å². The van der Waals surface area contributed by atoms with Gasteiger partial charge in [0.1, 0.15) is 18.2 Å². The van der Waals surface area contributed by atoms with Crippen LogP contribution in [0.1, 0.15) is 11.1 Å². The van der Waals surface area contributed by atoms with Crippen LogP contribution < -0.4 is 4.74 Å². The van der Waals surface area contributed by atoms with E-state index in [2.05, 4.69) is 15.9 Å². The van der Waals surface area contributed by atoms with Gasteiger partial charge in [0.2, 0.25) is 0 Å². The smallest absolute Gasteiger partial charge is 0.307 e. The van der Waals surface area contributed by atoms with E-state index in [1.165, 1.54) is 12.1 Å². The monoisotopic (exact) mass is 338 g/mol. The Labute approximate surface area is 124 Å². The average molecular weight is 339 g/mol. The number of halogens is 2. The molecular weight excluding hydrogens is 327 g/mol. The highest BCUT2D eigenvalue weighted by atomic mass is 79.9. The van der Waals surface area contributed by atoms with Gasteiger partial charge in [0, 0.05) is 4.47 Å². The van der Waals surface area contributed by atoms with Crippen LogP contribution in [0.2, 0.25) is 0 Å². The second-order valence-electron chi connectivity index (χ2n) is 4.28. The summed E-state index contributed by atoms with van der Waals surface area (Å²) < 4.78 is 19.4. The van der Waals surface area contributed by atoms with Gasteiger partial charge < -0.3 is 9.84 Å². The van der Waals surface area contributed by atoms with E-state index in [1.807, 2.05) is 0 Å². The van der Waals surface area contributed by atoms with Crippen LogP contribution in [0.4, 0.5) is 4.39 Å². The molecule has 3 nitrogen and oxygen atoms in total. The number of rotatable bonds is 5. The fourth-order valence-corrected chi connectivity index (χ4v) is 2.29. The van der Waals surface area contributed by atoms with Crippen molar-refractivity contribution in [1.82, 2.24) is 0 Å². The van der Waals surface area contributed by atoms with Gasteiger partial charge in [0.15, 0.2) is 0 Å². The number of hydrogen-bond acceptors (Lipinski definition) is 2. The number of hydrogen-bond donors (Lipinski definition) is 1. The summed E-state index contributed by atoms with van der Waals surface area (Å²) in [7, 11) is 0. The second-order valence-corrected chi connectivity index (χ2v) is 5.20. The lowest BCUT2D eigenvalue weighted by molar-refractivity contribution is -0.136. The third-order valence-electron chi connectivity index (χ3n) is 2.58. The molecular formula is C15H12BrFO3. The molecule has 0 spiro atoms. The molecule has 1 N–H and O–H groups in total. The number of carboxylic acids is 1. The second kappa shape index (κ2) is 6.52. The summed E-state index contributed by atoms with van der Waals surface area (Å²) >= 11 is 3.22. The number of ether oxygens (including phenoxy) is 1. The summed E-state index contributed by atoms with van der Waals surface area (Å²) in [5.74, 6) is -0.669. The highest BCUT2D eigenvalue weighted by molar-refractivity contribution is 9.10. The maximum absolute atomic E-state index is 13.2. The van der Waals surface area contributed by atoms with Gasteiger partial charge in [-0.15, -0.1) is 0 Å². The number of aliphatic carboxylic acids is 1. The van der Waals surface area contributed by atoms with Crippen LogP contribution in [0.5, 0.6) is 5.75 Å². The lowest BCUT2D eigenvalue weighted by Crippen LogP contribution is -2.01. The van der Waals surface area contributed by atoms with Crippen molar-refractivity contribution in [2.24, 2.45) is 0 Å². The Kier molecular flexibility index (Phi) is 4.74. The Hall–Kier alpha value is -1.88. The van der Waals surface area contributed by atoms with Crippen molar-refractivity contribution in [2.75, 3.05) is 0 Å². The normalized spacial score (nSPS) is 10.3. The highest BCUT2D eigenvalue weighted by Gasteiger charge is 2.04. The van der Waals surface area contributed by atoms with Crippen molar-refractivity contribution in [3.8, 4) is 5.75 Å². The molecule has 104 valence electrons. The van der Waals surface area contributed by atoms with Gasteiger partial charge in [-0.2, -0.15) is 0 Å². The number of benzene rings is 2. The van der Waals surface area contributed by atoms with E-state index >= 15 is 0 Å². The fraction of sp³-hybridized carbons (Fsp3) is 0.133. The topological polar surface area (TPSA) is 46.5 Å². The zero-order valence-electron chi connectivity index (χ0n) is 10.5. The molecule has 0 saturated carbocycles. The molecule has 0 aliphatic heterocycles. The summed E-state index contributed by atoms with van der Waals surface area (Å²) in [5.41, 5.74) is 1.36. The van der Waals surface area contributed by atoms with Crippen LogP contribution in [0.25, 0.3) is 0 Å². The first-order valence-electron chi connectivity index (χ1n) is 5.91. The molecule has 2 rings (SSSR count). The van der Waals surface area contributed by atoms with E-state index in [4.69, 9.17) is 9.84 Å². The first-order chi connectivity index (χ1) is 9.52. The van der Waals surface area contributed by atoms with Crippen LogP contribution >= 0.6 is 15.9 Å². The molecule has 0 unspecified atom stereocenters. The Balaban J connectivity index is 2.05. The van der Waals surface area contributed by atoms with Gasteiger partial charge in [0.05, 0.1) is 6.42 Å². The van der Waals surface area contributed by atoms with Gasteiger partial charge in [-0.3, -0.25) is 4.79 Å². The first kappa shape index (κ1) is 14.5. The third kappa shape index (κ3) is 4.35.